The molecule has 0 spiro atoms. The molecule has 1 saturated heterocycles. The Balaban J connectivity index is 1.99. The quantitative estimate of drug-likeness (QED) is 0.624. The van der Waals surface area contributed by atoms with Gasteiger partial charge in [0.15, 0.2) is 0 Å². The van der Waals surface area contributed by atoms with Crippen LogP contribution in [0.3, 0.4) is 0 Å². The van der Waals surface area contributed by atoms with Gasteiger partial charge >= 0.3 is 0 Å². The van der Waals surface area contributed by atoms with Gasteiger partial charge in [0.05, 0.1) is 6.61 Å². The number of ether oxygens (including phenoxy) is 3. The maximum atomic E-state index is 5.61. The lowest BCUT2D eigenvalue weighted by molar-refractivity contribution is -0.164. The van der Waals surface area contributed by atoms with Crippen LogP contribution >= 0.6 is 0 Å². The highest BCUT2D eigenvalue weighted by atomic mass is 16.7. The lowest BCUT2D eigenvalue weighted by Gasteiger charge is -2.36. The lowest BCUT2D eigenvalue weighted by Crippen LogP contribution is -2.40. The van der Waals surface area contributed by atoms with Crippen molar-refractivity contribution in [3.8, 4) is 5.75 Å². The van der Waals surface area contributed by atoms with E-state index in [2.05, 4.69) is 6.07 Å². The number of rotatable bonds is 0. The van der Waals surface area contributed by atoms with Crippen LogP contribution in [0.1, 0.15) is 11.5 Å². The van der Waals surface area contributed by atoms with Gasteiger partial charge in [0.1, 0.15) is 25.3 Å². The van der Waals surface area contributed by atoms with Crippen molar-refractivity contribution >= 4 is 0 Å². The fourth-order valence-electron chi connectivity index (χ4n) is 2.08. The van der Waals surface area contributed by atoms with Gasteiger partial charge in [-0.25, -0.2) is 0 Å². The first-order valence-electron chi connectivity index (χ1n) is 4.86. The second-order valence-electron chi connectivity index (χ2n) is 3.65. The Kier molecular flexibility index (Phi) is 1.92. The average molecular weight is 192 g/mol. The van der Waals surface area contributed by atoms with Gasteiger partial charge in [0.2, 0.25) is 0 Å². The number of para-hydroxylation sites is 1. The summed E-state index contributed by atoms with van der Waals surface area (Å²) in [7, 11) is 0. The first-order chi connectivity index (χ1) is 6.95. The smallest absolute Gasteiger partial charge is 0.147 e. The minimum atomic E-state index is 0.165. The second kappa shape index (κ2) is 3.26. The molecular formula is C11H12O3. The van der Waals surface area contributed by atoms with Crippen LogP contribution in [0.25, 0.3) is 0 Å². The lowest BCUT2D eigenvalue weighted by atomic mass is 9.91. The third-order valence-corrected chi connectivity index (χ3v) is 2.83. The van der Waals surface area contributed by atoms with Gasteiger partial charge in [-0.2, -0.15) is 0 Å². The number of fused-ring (bicyclic) bond motifs is 3. The highest BCUT2D eigenvalue weighted by Gasteiger charge is 2.34. The van der Waals surface area contributed by atoms with Gasteiger partial charge in [0, 0.05) is 11.5 Å². The van der Waals surface area contributed by atoms with Crippen molar-refractivity contribution in [1.82, 2.24) is 0 Å². The summed E-state index contributed by atoms with van der Waals surface area (Å²) in [6, 6.07) is 8.10. The maximum Gasteiger partial charge on any atom is 0.147 e. The van der Waals surface area contributed by atoms with Crippen molar-refractivity contribution in [3.05, 3.63) is 29.8 Å². The number of benzene rings is 1. The van der Waals surface area contributed by atoms with Crippen molar-refractivity contribution in [2.24, 2.45) is 0 Å². The summed E-state index contributed by atoms with van der Waals surface area (Å²) in [5.41, 5.74) is 1.21. The van der Waals surface area contributed by atoms with Crippen molar-refractivity contribution in [2.45, 2.75) is 12.0 Å². The topological polar surface area (TPSA) is 27.7 Å². The molecule has 2 aliphatic rings. The molecule has 0 radical (unpaired) electrons. The summed E-state index contributed by atoms with van der Waals surface area (Å²) in [5.74, 6) is 1.32. The van der Waals surface area contributed by atoms with E-state index >= 15 is 0 Å². The van der Waals surface area contributed by atoms with E-state index in [1.165, 1.54) is 5.56 Å². The molecule has 3 nitrogen and oxygen atoms in total. The highest BCUT2D eigenvalue weighted by molar-refractivity contribution is 5.39. The van der Waals surface area contributed by atoms with E-state index in [1.54, 1.807) is 0 Å². The Morgan fingerprint density at radius 1 is 1.14 bits per heavy atom. The van der Waals surface area contributed by atoms with Gasteiger partial charge in [-0.3, -0.25) is 0 Å². The van der Waals surface area contributed by atoms with E-state index in [0.29, 0.717) is 19.3 Å². The Morgan fingerprint density at radius 2 is 2.07 bits per heavy atom. The molecule has 0 saturated carbocycles. The predicted octanol–water partition coefficient (Wildman–Crippen LogP) is 1.54. The van der Waals surface area contributed by atoms with Gasteiger partial charge < -0.3 is 14.2 Å². The molecule has 0 aliphatic carbocycles. The van der Waals surface area contributed by atoms with Crippen molar-refractivity contribution in [3.63, 3.8) is 0 Å². The molecule has 2 atom stereocenters. The van der Waals surface area contributed by atoms with Gasteiger partial charge in [0.25, 0.3) is 0 Å². The molecule has 1 fully saturated rings. The minimum Gasteiger partial charge on any atom is -0.491 e. The van der Waals surface area contributed by atoms with Crippen LogP contribution < -0.4 is 4.74 Å². The van der Waals surface area contributed by atoms with E-state index in [9.17, 15) is 0 Å². The minimum absolute atomic E-state index is 0.165. The zero-order chi connectivity index (χ0) is 9.38. The number of hydrogen-bond donors (Lipinski definition) is 0. The molecule has 1 aromatic carbocycles. The van der Waals surface area contributed by atoms with Crippen LogP contribution in [-0.4, -0.2) is 26.1 Å². The predicted molar refractivity (Wildman–Crippen MR) is 50.4 cm³/mol. The van der Waals surface area contributed by atoms with Crippen LogP contribution in [0, 0.1) is 0 Å². The summed E-state index contributed by atoms with van der Waals surface area (Å²) >= 11 is 0. The summed E-state index contributed by atoms with van der Waals surface area (Å²) < 4.78 is 16.4. The molecule has 2 unspecified atom stereocenters. The summed E-state index contributed by atoms with van der Waals surface area (Å²) in [5, 5.41) is 0. The second-order valence-corrected chi connectivity index (χ2v) is 3.65. The average Bonchev–Trinajstić information content (AvgIpc) is 2.29. The third kappa shape index (κ3) is 1.21. The van der Waals surface area contributed by atoms with Crippen LogP contribution in [-0.2, 0) is 9.47 Å². The fourth-order valence-corrected chi connectivity index (χ4v) is 2.08. The molecule has 3 heteroatoms. The molecule has 74 valence electrons. The highest BCUT2D eigenvalue weighted by Crippen LogP contribution is 2.36. The van der Waals surface area contributed by atoms with Gasteiger partial charge in [-0.1, -0.05) is 18.2 Å². The Hall–Kier alpha value is -1.06. The molecule has 2 aliphatic heterocycles. The Morgan fingerprint density at radius 3 is 3.07 bits per heavy atom. The van der Waals surface area contributed by atoms with Gasteiger partial charge in [-0.15, -0.1) is 0 Å². The fraction of sp³-hybridized carbons (Fsp3) is 0.455. The molecule has 3 rings (SSSR count). The van der Waals surface area contributed by atoms with E-state index in [4.69, 9.17) is 14.2 Å². The van der Waals surface area contributed by atoms with E-state index in [1.807, 2.05) is 18.2 Å². The SMILES string of the molecule is c1ccc2c(c1)OCC1OCOCC21. The molecule has 14 heavy (non-hydrogen) atoms. The maximum absolute atomic E-state index is 5.61. The molecule has 2 heterocycles. The van der Waals surface area contributed by atoms with Crippen LogP contribution in [0.2, 0.25) is 0 Å². The summed E-state index contributed by atoms with van der Waals surface area (Å²) in [6.07, 6.45) is 0.165. The van der Waals surface area contributed by atoms with Crippen LogP contribution in [0.5, 0.6) is 5.75 Å². The van der Waals surface area contributed by atoms with Crippen LogP contribution in [0.4, 0.5) is 0 Å². The molecule has 0 amide bonds. The van der Waals surface area contributed by atoms with E-state index in [-0.39, 0.29) is 6.10 Å². The van der Waals surface area contributed by atoms with E-state index < -0.39 is 0 Å². The standard InChI is InChI=1S/C11H12O3/c1-2-4-10-8(3-1)9-5-12-7-14-11(9)6-13-10/h1-4,9,11H,5-7H2. The first-order valence-corrected chi connectivity index (χ1v) is 4.86. The molecule has 1 aromatic rings. The molecular weight excluding hydrogens is 180 g/mol. The van der Waals surface area contributed by atoms with Crippen LogP contribution in [0.15, 0.2) is 24.3 Å². The number of hydrogen-bond acceptors (Lipinski definition) is 3. The van der Waals surface area contributed by atoms with Crippen molar-refractivity contribution in [1.29, 1.82) is 0 Å². The molecule has 0 N–H and O–H groups in total. The van der Waals surface area contributed by atoms with Crippen molar-refractivity contribution in [2.75, 3.05) is 20.0 Å². The Bertz CT molecular complexity index is 337. The van der Waals surface area contributed by atoms with E-state index in [0.717, 1.165) is 12.4 Å². The molecule has 0 bridgehead atoms. The van der Waals surface area contributed by atoms with Crippen molar-refractivity contribution < 1.29 is 14.2 Å². The third-order valence-electron chi connectivity index (χ3n) is 2.83. The largest absolute Gasteiger partial charge is 0.491 e. The zero-order valence-corrected chi connectivity index (χ0v) is 7.81. The molecule has 0 aromatic heterocycles. The summed E-state index contributed by atoms with van der Waals surface area (Å²) in [6.45, 7) is 1.78. The first kappa shape index (κ1) is 8.26. The summed E-state index contributed by atoms with van der Waals surface area (Å²) in [4.78, 5) is 0. The monoisotopic (exact) mass is 192 g/mol. The van der Waals surface area contributed by atoms with Gasteiger partial charge in [-0.05, 0) is 6.07 Å². The normalized spacial score (nSPS) is 30.0. The Labute approximate surface area is 82.6 Å². The zero-order valence-electron chi connectivity index (χ0n) is 7.81.